The van der Waals surface area contributed by atoms with Gasteiger partial charge in [-0.25, -0.2) is 0 Å². The van der Waals surface area contributed by atoms with Gasteiger partial charge in [0, 0.05) is 23.0 Å². The van der Waals surface area contributed by atoms with Crippen LogP contribution in [0.15, 0.2) is 65.7 Å². The van der Waals surface area contributed by atoms with Crippen molar-refractivity contribution >= 4 is 29.3 Å². The Morgan fingerprint density at radius 3 is 2.63 bits per heavy atom. The second kappa shape index (κ2) is 7.33. The first-order chi connectivity index (χ1) is 13.1. The van der Waals surface area contributed by atoms with Gasteiger partial charge in [0.15, 0.2) is 6.10 Å². The average Bonchev–Trinajstić information content (AvgIpc) is 3.11. The van der Waals surface area contributed by atoms with Crippen LogP contribution in [0.25, 0.3) is 5.69 Å². The van der Waals surface area contributed by atoms with Gasteiger partial charge in [-0.3, -0.25) is 4.79 Å². The van der Waals surface area contributed by atoms with Crippen LogP contribution < -0.4 is 4.74 Å². The van der Waals surface area contributed by atoms with E-state index in [0.717, 1.165) is 27.6 Å². The highest BCUT2D eigenvalue weighted by Crippen LogP contribution is 2.51. The number of ether oxygens (including phenoxy) is 2. The lowest BCUT2D eigenvalue weighted by Crippen LogP contribution is -2.16. The number of hydrogen-bond donors (Lipinski definition) is 0. The predicted molar refractivity (Wildman–Crippen MR) is 107 cm³/mol. The van der Waals surface area contributed by atoms with Crippen molar-refractivity contribution in [1.29, 1.82) is 0 Å². The second-order valence-electron chi connectivity index (χ2n) is 6.26. The molecule has 1 aromatic heterocycles. The first-order valence-corrected chi connectivity index (χ1v) is 9.77. The molecule has 1 aliphatic heterocycles. The summed E-state index contributed by atoms with van der Waals surface area (Å²) in [6, 6.07) is 17.7. The molecule has 0 amide bonds. The Morgan fingerprint density at radius 1 is 1.15 bits per heavy atom. The van der Waals surface area contributed by atoms with Crippen LogP contribution in [0.2, 0.25) is 5.02 Å². The van der Waals surface area contributed by atoms with Crippen molar-refractivity contribution in [2.45, 2.75) is 23.2 Å². The van der Waals surface area contributed by atoms with Crippen molar-refractivity contribution < 1.29 is 14.3 Å². The molecule has 0 saturated heterocycles. The molecule has 0 saturated carbocycles. The molecular formula is C21H18ClNO3S. The number of benzene rings is 2. The van der Waals surface area contributed by atoms with Crippen molar-refractivity contribution in [1.82, 2.24) is 4.57 Å². The maximum atomic E-state index is 11.9. The normalized spacial score (nSPS) is 18.2. The monoisotopic (exact) mass is 399 g/mol. The maximum absolute atomic E-state index is 11.9. The summed E-state index contributed by atoms with van der Waals surface area (Å²) in [6.07, 6.45) is 1.54. The molecule has 0 fully saturated rings. The van der Waals surface area contributed by atoms with Gasteiger partial charge in [-0.05, 0) is 48.0 Å². The van der Waals surface area contributed by atoms with E-state index in [0.29, 0.717) is 5.02 Å². The molecular weight excluding hydrogens is 382 g/mol. The molecule has 4 nitrogen and oxygen atoms in total. The molecule has 1 aliphatic rings. The number of esters is 1. The summed E-state index contributed by atoms with van der Waals surface area (Å²) in [5, 5.41) is 0.566. The number of carbonyl (C=O) groups excluding carboxylic acids is 1. The highest BCUT2D eigenvalue weighted by atomic mass is 35.5. The van der Waals surface area contributed by atoms with E-state index in [2.05, 4.69) is 0 Å². The molecule has 0 N–H and O–H groups in total. The zero-order valence-corrected chi connectivity index (χ0v) is 16.5. The minimum atomic E-state index is -0.429. The zero-order chi connectivity index (χ0) is 19.0. The Labute approximate surface area is 167 Å². The standard InChI is InChI=1S/C21H18ClNO3S/c1-13(24)26-20-17-4-3-11-23(17)18-12-15(22)7-10-19(18)27-21(20)14-5-8-16(25-2)9-6-14/h3-12,20-21H,1-2H3/t20-,21-/m1/s1. The van der Waals surface area contributed by atoms with Crippen LogP contribution in [0.3, 0.4) is 0 Å². The fraction of sp³-hybridized carbons (Fsp3) is 0.190. The van der Waals surface area contributed by atoms with E-state index < -0.39 is 6.10 Å². The topological polar surface area (TPSA) is 40.5 Å². The molecule has 0 unspecified atom stereocenters. The summed E-state index contributed by atoms with van der Waals surface area (Å²) >= 11 is 7.92. The lowest BCUT2D eigenvalue weighted by atomic mass is 10.0. The van der Waals surface area contributed by atoms with E-state index in [9.17, 15) is 4.79 Å². The molecule has 0 spiro atoms. The van der Waals surface area contributed by atoms with E-state index >= 15 is 0 Å². The summed E-state index contributed by atoms with van der Waals surface area (Å²) in [4.78, 5) is 13.0. The smallest absolute Gasteiger partial charge is 0.303 e. The largest absolute Gasteiger partial charge is 0.497 e. The number of nitrogens with zero attached hydrogens (tertiary/aromatic N) is 1. The molecule has 4 rings (SSSR count). The molecule has 2 heterocycles. The van der Waals surface area contributed by atoms with Crippen molar-refractivity contribution in [2.24, 2.45) is 0 Å². The van der Waals surface area contributed by atoms with Crippen molar-refractivity contribution in [3.63, 3.8) is 0 Å². The van der Waals surface area contributed by atoms with Gasteiger partial charge < -0.3 is 14.0 Å². The molecule has 2 aromatic carbocycles. The molecule has 27 heavy (non-hydrogen) atoms. The van der Waals surface area contributed by atoms with E-state index in [4.69, 9.17) is 21.1 Å². The third-order valence-corrected chi connectivity index (χ3v) is 6.13. The summed E-state index contributed by atoms with van der Waals surface area (Å²) in [7, 11) is 1.64. The van der Waals surface area contributed by atoms with Gasteiger partial charge in [0.2, 0.25) is 0 Å². The van der Waals surface area contributed by atoms with Crippen molar-refractivity contribution in [2.75, 3.05) is 7.11 Å². The Bertz CT molecular complexity index is 983. The Morgan fingerprint density at radius 2 is 1.93 bits per heavy atom. The number of hydrogen-bond acceptors (Lipinski definition) is 4. The first-order valence-electron chi connectivity index (χ1n) is 8.52. The summed E-state index contributed by atoms with van der Waals surface area (Å²) < 4.78 is 13.1. The van der Waals surface area contributed by atoms with Crippen LogP contribution in [-0.2, 0) is 9.53 Å². The summed E-state index contributed by atoms with van der Waals surface area (Å²) in [5.41, 5.74) is 2.96. The van der Waals surface area contributed by atoms with E-state index in [-0.39, 0.29) is 11.2 Å². The third kappa shape index (κ3) is 3.45. The third-order valence-electron chi connectivity index (χ3n) is 4.52. The second-order valence-corrected chi connectivity index (χ2v) is 7.88. The Kier molecular flexibility index (Phi) is 4.89. The SMILES string of the molecule is COc1ccc([C@H]2Sc3ccc(Cl)cc3-n3cccc3[C@H]2OC(C)=O)cc1. The number of carbonyl (C=O) groups is 1. The molecule has 0 radical (unpaired) electrons. The molecule has 3 aromatic rings. The van der Waals surface area contributed by atoms with Gasteiger partial charge in [0.25, 0.3) is 0 Å². The van der Waals surface area contributed by atoms with Crippen LogP contribution >= 0.6 is 23.4 Å². The van der Waals surface area contributed by atoms with Crippen molar-refractivity contribution in [3.05, 3.63) is 77.1 Å². The number of methoxy groups -OCH3 is 1. The van der Waals surface area contributed by atoms with Crippen LogP contribution in [0.1, 0.15) is 29.5 Å². The van der Waals surface area contributed by atoms with E-state index in [1.165, 1.54) is 6.92 Å². The van der Waals surface area contributed by atoms with E-state index in [1.807, 2.05) is 65.4 Å². The molecule has 0 bridgehead atoms. The summed E-state index contributed by atoms with van der Waals surface area (Å²) in [6.45, 7) is 1.44. The highest BCUT2D eigenvalue weighted by molar-refractivity contribution is 7.99. The Hall–Kier alpha value is -2.37. The number of rotatable bonds is 3. The first kappa shape index (κ1) is 18.0. The molecule has 0 aliphatic carbocycles. The summed E-state index contributed by atoms with van der Waals surface area (Å²) in [5.74, 6) is 0.479. The number of thioether (sulfide) groups is 1. The fourth-order valence-electron chi connectivity index (χ4n) is 3.31. The number of aromatic nitrogens is 1. The number of fused-ring (bicyclic) bond motifs is 3. The minimum absolute atomic E-state index is 0.101. The average molecular weight is 400 g/mol. The van der Waals surface area contributed by atoms with Gasteiger partial charge in [-0.2, -0.15) is 0 Å². The lowest BCUT2D eigenvalue weighted by molar-refractivity contribution is -0.147. The van der Waals surface area contributed by atoms with Gasteiger partial charge in [0.05, 0.1) is 23.7 Å². The molecule has 138 valence electrons. The van der Waals surface area contributed by atoms with Crippen LogP contribution in [0.5, 0.6) is 5.75 Å². The fourth-order valence-corrected chi connectivity index (χ4v) is 4.79. The molecule has 6 heteroatoms. The predicted octanol–water partition coefficient (Wildman–Crippen LogP) is 5.59. The van der Waals surface area contributed by atoms with Crippen LogP contribution in [0.4, 0.5) is 0 Å². The quantitative estimate of drug-likeness (QED) is 0.538. The van der Waals surface area contributed by atoms with Crippen LogP contribution in [-0.4, -0.2) is 17.6 Å². The van der Waals surface area contributed by atoms with Gasteiger partial charge in [-0.1, -0.05) is 23.7 Å². The van der Waals surface area contributed by atoms with Gasteiger partial charge >= 0.3 is 5.97 Å². The number of halogens is 1. The van der Waals surface area contributed by atoms with Crippen LogP contribution in [0, 0.1) is 0 Å². The molecule has 2 atom stereocenters. The zero-order valence-electron chi connectivity index (χ0n) is 14.9. The van der Waals surface area contributed by atoms with Gasteiger partial charge in [0.1, 0.15) is 5.75 Å². The lowest BCUT2D eigenvalue weighted by Gasteiger charge is -2.25. The van der Waals surface area contributed by atoms with E-state index in [1.54, 1.807) is 18.9 Å². The van der Waals surface area contributed by atoms with Crippen molar-refractivity contribution in [3.8, 4) is 11.4 Å². The minimum Gasteiger partial charge on any atom is -0.497 e. The maximum Gasteiger partial charge on any atom is 0.303 e. The Balaban J connectivity index is 1.88. The van der Waals surface area contributed by atoms with Gasteiger partial charge in [-0.15, -0.1) is 11.8 Å². The highest BCUT2D eigenvalue weighted by Gasteiger charge is 2.34.